The Kier molecular flexibility index (Phi) is 5.83. The molecule has 0 amide bonds. The molecule has 0 aromatic carbocycles. The summed E-state index contributed by atoms with van der Waals surface area (Å²) >= 11 is 0. The van der Waals surface area contributed by atoms with Crippen molar-refractivity contribution in [1.29, 1.82) is 0 Å². The Morgan fingerprint density at radius 2 is 2.24 bits per heavy atom. The Morgan fingerprint density at radius 3 is 2.88 bits per heavy atom. The molecule has 17 heavy (non-hydrogen) atoms. The first-order valence-corrected chi connectivity index (χ1v) is 5.78. The molecule has 96 valence electrons. The molecule has 0 saturated heterocycles. The van der Waals surface area contributed by atoms with Gasteiger partial charge in [0.05, 0.1) is 18.4 Å². The summed E-state index contributed by atoms with van der Waals surface area (Å²) < 4.78 is 24.7. The highest BCUT2D eigenvalue weighted by Crippen LogP contribution is 2.18. The number of nitrogens with zero attached hydrogens (tertiary/aromatic N) is 2. The van der Waals surface area contributed by atoms with E-state index in [9.17, 15) is 8.78 Å². The SMILES string of the molecule is CCCNCc1ccncc1N(C)CC(F)F. The molecule has 0 fully saturated rings. The second-order valence-corrected chi connectivity index (χ2v) is 3.95. The van der Waals surface area contributed by atoms with Crippen LogP contribution in [0.1, 0.15) is 18.9 Å². The molecular formula is C12H19F2N3. The van der Waals surface area contributed by atoms with Crippen LogP contribution >= 0.6 is 0 Å². The zero-order valence-electron chi connectivity index (χ0n) is 10.3. The van der Waals surface area contributed by atoms with E-state index in [1.165, 1.54) is 0 Å². The molecule has 0 saturated carbocycles. The summed E-state index contributed by atoms with van der Waals surface area (Å²) in [5, 5.41) is 3.26. The van der Waals surface area contributed by atoms with Gasteiger partial charge in [0.15, 0.2) is 0 Å². The van der Waals surface area contributed by atoms with Gasteiger partial charge in [-0.15, -0.1) is 0 Å². The fourth-order valence-electron chi connectivity index (χ4n) is 1.61. The molecule has 1 heterocycles. The molecule has 5 heteroatoms. The first-order valence-electron chi connectivity index (χ1n) is 5.78. The summed E-state index contributed by atoms with van der Waals surface area (Å²) in [5.41, 5.74) is 1.76. The minimum absolute atomic E-state index is 0.271. The third-order valence-corrected chi connectivity index (χ3v) is 2.45. The number of hydrogen-bond donors (Lipinski definition) is 1. The van der Waals surface area contributed by atoms with Crippen molar-refractivity contribution in [3.05, 3.63) is 24.0 Å². The molecular weight excluding hydrogens is 224 g/mol. The van der Waals surface area contributed by atoms with Gasteiger partial charge in [-0.05, 0) is 24.6 Å². The van der Waals surface area contributed by atoms with Crippen LogP contribution in [0.15, 0.2) is 18.5 Å². The number of nitrogens with one attached hydrogen (secondary N) is 1. The van der Waals surface area contributed by atoms with Gasteiger partial charge in [-0.25, -0.2) is 8.78 Å². The standard InChI is InChI=1S/C12H19F2N3/c1-3-5-15-7-10-4-6-16-8-11(10)17(2)9-12(13)14/h4,6,8,12,15H,3,5,7,9H2,1-2H3. The number of aromatic nitrogens is 1. The lowest BCUT2D eigenvalue weighted by atomic mass is 10.2. The van der Waals surface area contributed by atoms with E-state index in [0.29, 0.717) is 6.54 Å². The highest BCUT2D eigenvalue weighted by atomic mass is 19.3. The van der Waals surface area contributed by atoms with Crippen LogP contribution in [0.2, 0.25) is 0 Å². The van der Waals surface area contributed by atoms with Gasteiger partial charge in [0, 0.05) is 19.8 Å². The second-order valence-electron chi connectivity index (χ2n) is 3.95. The van der Waals surface area contributed by atoms with Gasteiger partial charge in [0.1, 0.15) is 0 Å². The van der Waals surface area contributed by atoms with Crippen molar-refractivity contribution >= 4 is 5.69 Å². The first-order chi connectivity index (χ1) is 8.15. The van der Waals surface area contributed by atoms with Gasteiger partial charge in [-0.2, -0.15) is 0 Å². The van der Waals surface area contributed by atoms with Crippen molar-refractivity contribution in [2.75, 3.05) is 25.0 Å². The van der Waals surface area contributed by atoms with Crippen molar-refractivity contribution in [3.8, 4) is 0 Å². The predicted molar refractivity (Wildman–Crippen MR) is 65.5 cm³/mol. The van der Waals surface area contributed by atoms with Gasteiger partial charge >= 0.3 is 0 Å². The van der Waals surface area contributed by atoms with Crippen molar-refractivity contribution in [1.82, 2.24) is 10.3 Å². The van der Waals surface area contributed by atoms with E-state index >= 15 is 0 Å². The number of rotatable bonds is 7. The van der Waals surface area contributed by atoms with E-state index in [1.807, 2.05) is 6.07 Å². The molecule has 1 aromatic rings. The summed E-state index contributed by atoms with van der Waals surface area (Å²) in [5.74, 6) is 0. The van der Waals surface area contributed by atoms with Crippen molar-refractivity contribution in [2.45, 2.75) is 26.3 Å². The van der Waals surface area contributed by atoms with Crippen molar-refractivity contribution < 1.29 is 8.78 Å². The van der Waals surface area contributed by atoms with Crippen molar-refractivity contribution in [2.24, 2.45) is 0 Å². The Balaban J connectivity index is 2.69. The van der Waals surface area contributed by atoms with Gasteiger partial charge in [-0.1, -0.05) is 6.92 Å². The lowest BCUT2D eigenvalue weighted by Crippen LogP contribution is -2.26. The zero-order chi connectivity index (χ0) is 12.7. The van der Waals surface area contributed by atoms with Crippen LogP contribution in [0.3, 0.4) is 0 Å². The fraction of sp³-hybridized carbons (Fsp3) is 0.583. The molecule has 1 N–H and O–H groups in total. The number of halogens is 2. The lowest BCUT2D eigenvalue weighted by molar-refractivity contribution is 0.156. The maximum absolute atomic E-state index is 12.3. The summed E-state index contributed by atoms with van der Waals surface area (Å²) in [6, 6.07) is 1.86. The summed E-state index contributed by atoms with van der Waals surface area (Å²) in [7, 11) is 1.66. The number of pyridine rings is 1. The summed E-state index contributed by atoms with van der Waals surface area (Å²) in [6.45, 7) is 3.41. The van der Waals surface area contributed by atoms with Crippen LogP contribution < -0.4 is 10.2 Å². The van der Waals surface area contributed by atoms with Gasteiger partial charge < -0.3 is 10.2 Å². The molecule has 1 rings (SSSR count). The summed E-state index contributed by atoms with van der Waals surface area (Å²) in [6.07, 6.45) is 2.03. The molecule has 0 atom stereocenters. The fourth-order valence-corrected chi connectivity index (χ4v) is 1.61. The Labute approximate surface area is 101 Å². The van der Waals surface area contributed by atoms with Crippen LogP contribution in [0, 0.1) is 0 Å². The van der Waals surface area contributed by atoms with E-state index in [-0.39, 0.29) is 6.54 Å². The quantitative estimate of drug-likeness (QED) is 0.745. The number of hydrogen-bond acceptors (Lipinski definition) is 3. The van der Waals surface area contributed by atoms with Gasteiger partial charge in [-0.3, -0.25) is 4.98 Å². The first kappa shape index (κ1) is 13.8. The average Bonchev–Trinajstić information content (AvgIpc) is 2.29. The van der Waals surface area contributed by atoms with Gasteiger partial charge in [0.25, 0.3) is 6.43 Å². The minimum Gasteiger partial charge on any atom is -0.367 e. The van der Waals surface area contributed by atoms with E-state index in [1.54, 1.807) is 24.3 Å². The topological polar surface area (TPSA) is 28.2 Å². The summed E-state index contributed by atoms with van der Waals surface area (Å²) in [4.78, 5) is 5.53. The Hall–Kier alpha value is -1.23. The molecule has 0 spiro atoms. The average molecular weight is 243 g/mol. The predicted octanol–water partition coefficient (Wildman–Crippen LogP) is 2.28. The zero-order valence-corrected chi connectivity index (χ0v) is 10.3. The van der Waals surface area contributed by atoms with E-state index < -0.39 is 6.43 Å². The van der Waals surface area contributed by atoms with Crippen LogP contribution in [-0.4, -0.2) is 31.5 Å². The van der Waals surface area contributed by atoms with E-state index in [0.717, 1.165) is 24.2 Å². The number of alkyl halides is 2. The van der Waals surface area contributed by atoms with Crippen LogP contribution in [0.25, 0.3) is 0 Å². The van der Waals surface area contributed by atoms with Crippen LogP contribution in [0.5, 0.6) is 0 Å². The third kappa shape index (κ3) is 4.65. The van der Waals surface area contributed by atoms with Crippen LogP contribution in [0.4, 0.5) is 14.5 Å². The molecule has 0 radical (unpaired) electrons. The monoisotopic (exact) mass is 243 g/mol. The molecule has 0 aliphatic heterocycles. The Bertz CT molecular complexity index is 331. The molecule has 0 bridgehead atoms. The van der Waals surface area contributed by atoms with Crippen molar-refractivity contribution in [3.63, 3.8) is 0 Å². The van der Waals surface area contributed by atoms with Gasteiger partial charge in [0.2, 0.25) is 0 Å². The molecule has 3 nitrogen and oxygen atoms in total. The second kappa shape index (κ2) is 7.17. The van der Waals surface area contributed by atoms with E-state index in [2.05, 4.69) is 17.2 Å². The normalized spacial score (nSPS) is 10.9. The molecule has 0 unspecified atom stereocenters. The largest absolute Gasteiger partial charge is 0.367 e. The third-order valence-electron chi connectivity index (χ3n) is 2.45. The highest BCUT2D eigenvalue weighted by Gasteiger charge is 2.11. The molecule has 1 aromatic heterocycles. The molecule has 0 aliphatic carbocycles. The highest BCUT2D eigenvalue weighted by molar-refractivity contribution is 5.51. The van der Waals surface area contributed by atoms with E-state index in [4.69, 9.17) is 0 Å². The maximum atomic E-state index is 12.3. The Morgan fingerprint density at radius 1 is 1.47 bits per heavy atom. The number of anilines is 1. The minimum atomic E-state index is -2.34. The van der Waals surface area contributed by atoms with Crippen LogP contribution in [-0.2, 0) is 6.54 Å². The smallest absolute Gasteiger partial charge is 0.255 e. The lowest BCUT2D eigenvalue weighted by Gasteiger charge is -2.21. The molecule has 0 aliphatic rings. The maximum Gasteiger partial charge on any atom is 0.255 e.